The van der Waals surface area contributed by atoms with Crippen molar-refractivity contribution >= 4 is 11.9 Å². The molecule has 1 aromatic heterocycles. The molecule has 0 saturated heterocycles. The van der Waals surface area contributed by atoms with Crippen molar-refractivity contribution in [2.45, 2.75) is 19.4 Å². The number of carbonyl (C=O) groups is 2. The van der Waals surface area contributed by atoms with Gasteiger partial charge < -0.3 is 10.4 Å². The summed E-state index contributed by atoms with van der Waals surface area (Å²) in [5, 5.41) is 11.8. The number of hydrogen-bond donors (Lipinski definition) is 2. The second-order valence-corrected chi connectivity index (χ2v) is 4.58. The van der Waals surface area contributed by atoms with Gasteiger partial charge in [-0.05, 0) is 24.1 Å². The predicted octanol–water partition coefficient (Wildman–Crippen LogP) is 2.66. The first kappa shape index (κ1) is 14.7. The largest absolute Gasteiger partial charge is 0.477 e. The first-order chi connectivity index (χ1) is 10.1. The SMILES string of the molecule is CCC(NC(=O)c1ccnc(C(=O)O)c1)c1ccccc1. The number of carboxylic acid groups (broad SMARTS) is 1. The minimum atomic E-state index is -1.15. The van der Waals surface area contributed by atoms with E-state index < -0.39 is 5.97 Å². The zero-order valence-electron chi connectivity index (χ0n) is 11.6. The Morgan fingerprint density at radius 1 is 1.24 bits per heavy atom. The maximum Gasteiger partial charge on any atom is 0.354 e. The first-order valence-electron chi connectivity index (χ1n) is 6.67. The molecule has 2 N–H and O–H groups in total. The Labute approximate surface area is 122 Å². The van der Waals surface area contributed by atoms with Crippen LogP contribution in [0.25, 0.3) is 0 Å². The van der Waals surface area contributed by atoms with Crippen LogP contribution in [0, 0.1) is 0 Å². The number of benzene rings is 1. The van der Waals surface area contributed by atoms with Gasteiger partial charge in [-0.3, -0.25) is 4.79 Å². The molecule has 0 saturated carbocycles. The van der Waals surface area contributed by atoms with E-state index in [1.807, 2.05) is 37.3 Å². The summed E-state index contributed by atoms with van der Waals surface area (Å²) < 4.78 is 0. The fraction of sp³-hybridized carbons (Fsp3) is 0.188. The van der Waals surface area contributed by atoms with E-state index in [0.717, 1.165) is 12.0 Å². The maximum absolute atomic E-state index is 12.2. The van der Waals surface area contributed by atoms with E-state index in [2.05, 4.69) is 10.3 Å². The predicted molar refractivity (Wildman–Crippen MR) is 78.1 cm³/mol. The summed E-state index contributed by atoms with van der Waals surface area (Å²) in [7, 11) is 0. The van der Waals surface area contributed by atoms with Gasteiger partial charge in [0.15, 0.2) is 0 Å². The number of amides is 1. The molecule has 0 aliphatic carbocycles. The highest BCUT2D eigenvalue weighted by Gasteiger charge is 2.15. The second-order valence-electron chi connectivity index (χ2n) is 4.58. The van der Waals surface area contributed by atoms with Gasteiger partial charge in [-0.25, -0.2) is 9.78 Å². The molecule has 21 heavy (non-hydrogen) atoms. The van der Waals surface area contributed by atoms with Gasteiger partial charge in [-0.15, -0.1) is 0 Å². The molecule has 1 heterocycles. The lowest BCUT2D eigenvalue weighted by atomic mass is 10.0. The topological polar surface area (TPSA) is 79.3 Å². The summed E-state index contributed by atoms with van der Waals surface area (Å²) in [6, 6.07) is 12.3. The number of aromatic nitrogens is 1. The summed E-state index contributed by atoms with van der Waals surface area (Å²) in [4.78, 5) is 26.8. The van der Waals surface area contributed by atoms with Crippen molar-refractivity contribution in [1.82, 2.24) is 10.3 Å². The molecule has 0 spiro atoms. The van der Waals surface area contributed by atoms with Crippen molar-refractivity contribution in [1.29, 1.82) is 0 Å². The molecule has 1 atom stereocenters. The maximum atomic E-state index is 12.2. The highest BCUT2D eigenvalue weighted by atomic mass is 16.4. The van der Waals surface area contributed by atoms with Crippen LogP contribution in [0.3, 0.4) is 0 Å². The lowest BCUT2D eigenvalue weighted by Crippen LogP contribution is -2.28. The van der Waals surface area contributed by atoms with Crippen molar-refractivity contribution in [2.24, 2.45) is 0 Å². The Hall–Kier alpha value is -2.69. The monoisotopic (exact) mass is 284 g/mol. The smallest absolute Gasteiger partial charge is 0.354 e. The molecule has 1 unspecified atom stereocenters. The molecule has 0 radical (unpaired) electrons. The van der Waals surface area contributed by atoms with Crippen LogP contribution in [0.5, 0.6) is 0 Å². The summed E-state index contributed by atoms with van der Waals surface area (Å²) >= 11 is 0. The van der Waals surface area contributed by atoms with Crippen LogP contribution >= 0.6 is 0 Å². The van der Waals surface area contributed by atoms with Gasteiger partial charge >= 0.3 is 5.97 Å². The normalized spacial score (nSPS) is 11.7. The number of pyridine rings is 1. The second kappa shape index (κ2) is 6.65. The number of carbonyl (C=O) groups excluding carboxylic acids is 1. The van der Waals surface area contributed by atoms with Crippen molar-refractivity contribution in [2.75, 3.05) is 0 Å². The Morgan fingerprint density at radius 2 is 1.95 bits per heavy atom. The van der Waals surface area contributed by atoms with Crippen LogP contribution in [0.15, 0.2) is 48.7 Å². The van der Waals surface area contributed by atoms with Crippen LogP contribution in [-0.2, 0) is 0 Å². The van der Waals surface area contributed by atoms with Gasteiger partial charge in [0.05, 0.1) is 6.04 Å². The Morgan fingerprint density at radius 3 is 2.57 bits per heavy atom. The molecule has 0 bridgehead atoms. The van der Waals surface area contributed by atoms with Crippen molar-refractivity contribution < 1.29 is 14.7 Å². The molecule has 2 rings (SSSR count). The molecule has 108 valence electrons. The van der Waals surface area contributed by atoms with Crippen LogP contribution in [0.1, 0.15) is 45.8 Å². The number of carboxylic acids is 1. The highest BCUT2D eigenvalue weighted by Crippen LogP contribution is 2.16. The van der Waals surface area contributed by atoms with E-state index in [4.69, 9.17) is 5.11 Å². The van der Waals surface area contributed by atoms with Gasteiger partial charge in [0, 0.05) is 11.8 Å². The number of aromatic carboxylic acids is 1. The lowest BCUT2D eigenvalue weighted by molar-refractivity contribution is 0.0690. The molecule has 2 aromatic rings. The molecule has 0 aliphatic heterocycles. The first-order valence-corrected chi connectivity index (χ1v) is 6.67. The molecular formula is C16H16N2O3. The van der Waals surface area contributed by atoms with Gasteiger partial charge in [0.25, 0.3) is 5.91 Å². The molecule has 5 nitrogen and oxygen atoms in total. The van der Waals surface area contributed by atoms with E-state index >= 15 is 0 Å². The summed E-state index contributed by atoms with van der Waals surface area (Å²) in [6.45, 7) is 1.98. The minimum absolute atomic E-state index is 0.111. The van der Waals surface area contributed by atoms with Gasteiger partial charge in [-0.1, -0.05) is 37.3 Å². The number of nitrogens with zero attached hydrogens (tertiary/aromatic N) is 1. The number of hydrogen-bond acceptors (Lipinski definition) is 3. The zero-order valence-corrected chi connectivity index (χ0v) is 11.6. The van der Waals surface area contributed by atoms with Crippen molar-refractivity contribution in [3.05, 3.63) is 65.5 Å². The third kappa shape index (κ3) is 3.66. The Bertz CT molecular complexity index is 641. The van der Waals surface area contributed by atoms with Crippen LogP contribution < -0.4 is 5.32 Å². The third-order valence-electron chi connectivity index (χ3n) is 3.16. The standard InChI is InChI=1S/C16H16N2O3/c1-2-13(11-6-4-3-5-7-11)18-15(19)12-8-9-17-14(10-12)16(20)21/h3-10,13H,2H2,1H3,(H,18,19)(H,20,21). The highest BCUT2D eigenvalue weighted by molar-refractivity contribution is 5.96. The molecule has 0 aliphatic rings. The summed E-state index contributed by atoms with van der Waals surface area (Å²) in [5.41, 5.74) is 1.16. The van der Waals surface area contributed by atoms with E-state index in [1.54, 1.807) is 0 Å². The fourth-order valence-electron chi connectivity index (χ4n) is 2.04. The Kier molecular flexibility index (Phi) is 4.66. The third-order valence-corrected chi connectivity index (χ3v) is 3.16. The van der Waals surface area contributed by atoms with E-state index in [1.165, 1.54) is 18.3 Å². The van der Waals surface area contributed by atoms with Gasteiger partial charge in [0.1, 0.15) is 5.69 Å². The van der Waals surface area contributed by atoms with E-state index in [9.17, 15) is 9.59 Å². The van der Waals surface area contributed by atoms with E-state index in [0.29, 0.717) is 0 Å². The molecule has 0 fully saturated rings. The average Bonchev–Trinajstić information content (AvgIpc) is 2.53. The van der Waals surface area contributed by atoms with E-state index in [-0.39, 0.29) is 23.2 Å². The van der Waals surface area contributed by atoms with Crippen molar-refractivity contribution in [3.8, 4) is 0 Å². The van der Waals surface area contributed by atoms with Crippen LogP contribution in [-0.4, -0.2) is 22.0 Å². The fourth-order valence-corrected chi connectivity index (χ4v) is 2.04. The summed E-state index contributed by atoms with van der Waals surface area (Å²) in [6.07, 6.45) is 2.06. The van der Waals surface area contributed by atoms with Crippen LogP contribution in [0.2, 0.25) is 0 Å². The van der Waals surface area contributed by atoms with Crippen LogP contribution in [0.4, 0.5) is 0 Å². The number of rotatable bonds is 5. The zero-order chi connectivity index (χ0) is 15.2. The molecule has 5 heteroatoms. The van der Waals surface area contributed by atoms with Gasteiger partial charge in [-0.2, -0.15) is 0 Å². The minimum Gasteiger partial charge on any atom is -0.477 e. The lowest BCUT2D eigenvalue weighted by Gasteiger charge is -2.17. The summed E-state index contributed by atoms with van der Waals surface area (Å²) in [5.74, 6) is -1.46. The van der Waals surface area contributed by atoms with Crippen molar-refractivity contribution in [3.63, 3.8) is 0 Å². The molecule has 1 aromatic carbocycles. The quantitative estimate of drug-likeness (QED) is 0.884. The Balaban J connectivity index is 2.17. The average molecular weight is 284 g/mol. The van der Waals surface area contributed by atoms with Gasteiger partial charge in [0.2, 0.25) is 0 Å². The molecular weight excluding hydrogens is 268 g/mol. The molecule has 1 amide bonds. The number of nitrogens with one attached hydrogen (secondary N) is 1.